The van der Waals surface area contributed by atoms with Gasteiger partial charge in [0.15, 0.2) is 0 Å². The monoisotopic (exact) mass is 325 g/mol. The Morgan fingerprint density at radius 2 is 1.95 bits per heavy atom. The van der Waals surface area contributed by atoms with Crippen molar-refractivity contribution in [2.75, 3.05) is 19.6 Å². The van der Waals surface area contributed by atoms with Gasteiger partial charge in [-0.1, -0.05) is 12.1 Å². The number of hydrogen-bond acceptors (Lipinski definition) is 3. The molecule has 1 atom stereocenters. The average molecular weight is 326 g/mol. The summed E-state index contributed by atoms with van der Waals surface area (Å²) in [5.74, 6) is -0.975. The molecule has 1 unspecified atom stereocenters. The van der Waals surface area contributed by atoms with Crippen molar-refractivity contribution in [3.8, 4) is 0 Å². The molecule has 3 nitrogen and oxygen atoms in total. The van der Waals surface area contributed by atoms with Crippen LogP contribution in [-0.2, 0) is 6.54 Å². The minimum absolute atomic E-state index is 0. The summed E-state index contributed by atoms with van der Waals surface area (Å²) in [6, 6.07) is 7.96. The Kier molecular flexibility index (Phi) is 5.83. The van der Waals surface area contributed by atoms with Gasteiger partial charge in [-0.2, -0.15) is 0 Å². The average Bonchev–Trinajstić information content (AvgIpc) is 2.52. The van der Waals surface area contributed by atoms with Crippen LogP contribution in [0.2, 0.25) is 0 Å². The standard InChI is InChI=1S/C16H17F2N3.ClH/c17-14-4-1-5-15(18)13(14)11-21-8-7-20-10-16(21)12-3-2-6-19-9-12;/h1-6,9,16,20H,7-8,10-11H2;1H. The number of nitrogens with one attached hydrogen (secondary N) is 1. The molecule has 2 aromatic rings. The van der Waals surface area contributed by atoms with Crippen molar-refractivity contribution in [3.63, 3.8) is 0 Å². The summed E-state index contributed by atoms with van der Waals surface area (Å²) in [5.41, 5.74) is 1.19. The SMILES string of the molecule is Cl.Fc1cccc(F)c1CN1CCNCC1c1cccnc1. The highest BCUT2D eigenvalue weighted by Gasteiger charge is 2.25. The van der Waals surface area contributed by atoms with E-state index in [1.807, 2.05) is 18.3 Å². The summed E-state index contributed by atoms with van der Waals surface area (Å²) >= 11 is 0. The summed E-state index contributed by atoms with van der Waals surface area (Å²) in [4.78, 5) is 6.23. The lowest BCUT2D eigenvalue weighted by Gasteiger charge is -2.36. The number of hydrogen-bond donors (Lipinski definition) is 1. The second-order valence-electron chi connectivity index (χ2n) is 5.18. The maximum atomic E-state index is 13.8. The van der Waals surface area contributed by atoms with Gasteiger partial charge in [0.2, 0.25) is 0 Å². The molecule has 0 bridgehead atoms. The van der Waals surface area contributed by atoms with Gasteiger partial charge in [-0.05, 0) is 23.8 Å². The smallest absolute Gasteiger partial charge is 0.130 e. The van der Waals surface area contributed by atoms with Crippen LogP contribution in [0.1, 0.15) is 17.2 Å². The number of piperazine rings is 1. The molecule has 0 amide bonds. The third-order valence-corrected chi connectivity index (χ3v) is 3.85. The Morgan fingerprint density at radius 3 is 2.64 bits per heavy atom. The van der Waals surface area contributed by atoms with E-state index in [-0.39, 0.29) is 30.6 Å². The van der Waals surface area contributed by atoms with E-state index in [4.69, 9.17) is 0 Å². The highest BCUT2D eigenvalue weighted by Crippen LogP contribution is 2.25. The molecule has 0 radical (unpaired) electrons. The quantitative estimate of drug-likeness (QED) is 0.940. The van der Waals surface area contributed by atoms with Gasteiger partial charge in [0.1, 0.15) is 11.6 Å². The number of nitrogens with zero attached hydrogens (tertiary/aromatic N) is 2. The molecule has 1 aliphatic heterocycles. The van der Waals surface area contributed by atoms with Gasteiger partial charge in [0, 0.05) is 50.2 Å². The molecule has 22 heavy (non-hydrogen) atoms. The Morgan fingerprint density at radius 1 is 1.18 bits per heavy atom. The predicted molar refractivity (Wildman–Crippen MR) is 83.9 cm³/mol. The summed E-state index contributed by atoms with van der Waals surface area (Å²) in [5, 5.41) is 3.32. The molecule has 2 heterocycles. The lowest BCUT2D eigenvalue weighted by molar-refractivity contribution is 0.149. The second-order valence-corrected chi connectivity index (χ2v) is 5.18. The van der Waals surface area contributed by atoms with E-state index in [0.29, 0.717) is 0 Å². The number of aromatic nitrogens is 1. The molecule has 1 fully saturated rings. The van der Waals surface area contributed by atoms with Crippen LogP contribution in [0.25, 0.3) is 0 Å². The van der Waals surface area contributed by atoms with Crippen LogP contribution in [0, 0.1) is 11.6 Å². The lowest BCUT2D eigenvalue weighted by atomic mass is 10.0. The van der Waals surface area contributed by atoms with Crippen molar-refractivity contribution in [2.45, 2.75) is 12.6 Å². The first-order valence-corrected chi connectivity index (χ1v) is 7.03. The third kappa shape index (κ3) is 3.61. The normalized spacial score (nSPS) is 18.7. The molecule has 6 heteroatoms. The molecule has 1 N–H and O–H groups in total. The lowest BCUT2D eigenvalue weighted by Crippen LogP contribution is -2.45. The fourth-order valence-corrected chi connectivity index (χ4v) is 2.72. The number of benzene rings is 1. The van der Waals surface area contributed by atoms with Crippen molar-refractivity contribution in [1.29, 1.82) is 0 Å². The minimum Gasteiger partial charge on any atom is -0.314 e. The third-order valence-electron chi connectivity index (χ3n) is 3.85. The van der Waals surface area contributed by atoms with Gasteiger partial charge < -0.3 is 5.32 Å². The first kappa shape index (κ1) is 16.8. The van der Waals surface area contributed by atoms with Crippen LogP contribution in [-0.4, -0.2) is 29.5 Å². The topological polar surface area (TPSA) is 28.2 Å². The summed E-state index contributed by atoms with van der Waals surface area (Å²) in [7, 11) is 0. The van der Waals surface area contributed by atoms with E-state index < -0.39 is 11.6 Å². The molecule has 3 rings (SSSR count). The molecule has 0 spiro atoms. The van der Waals surface area contributed by atoms with Gasteiger partial charge in [0.25, 0.3) is 0 Å². The van der Waals surface area contributed by atoms with Gasteiger partial charge in [-0.15, -0.1) is 12.4 Å². The highest BCUT2D eigenvalue weighted by atomic mass is 35.5. The van der Waals surface area contributed by atoms with E-state index in [1.54, 1.807) is 6.20 Å². The fourth-order valence-electron chi connectivity index (χ4n) is 2.72. The fraction of sp³-hybridized carbons (Fsp3) is 0.312. The zero-order valence-electron chi connectivity index (χ0n) is 12.0. The van der Waals surface area contributed by atoms with Gasteiger partial charge in [-0.25, -0.2) is 8.78 Å². The van der Waals surface area contributed by atoms with Crippen molar-refractivity contribution in [1.82, 2.24) is 15.2 Å². The Balaban J connectivity index is 0.00000176. The summed E-state index contributed by atoms with van der Waals surface area (Å²) in [6.07, 6.45) is 3.53. The van der Waals surface area contributed by atoms with E-state index >= 15 is 0 Å². The minimum atomic E-state index is -0.488. The number of halogens is 3. The van der Waals surface area contributed by atoms with Crippen LogP contribution < -0.4 is 5.32 Å². The molecular formula is C16H18ClF2N3. The second kappa shape index (κ2) is 7.63. The summed E-state index contributed by atoms with van der Waals surface area (Å²) in [6.45, 7) is 2.57. The van der Waals surface area contributed by atoms with Crippen LogP contribution in [0.15, 0.2) is 42.7 Å². The molecule has 1 aromatic carbocycles. The first-order valence-electron chi connectivity index (χ1n) is 7.03. The van der Waals surface area contributed by atoms with Crippen molar-refractivity contribution in [2.24, 2.45) is 0 Å². The molecule has 0 saturated carbocycles. The molecule has 1 aromatic heterocycles. The van der Waals surface area contributed by atoms with E-state index in [0.717, 1.165) is 25.2 Å². The Hall–Kier alpha value is -1.56. The predicted octanol–water partition coefficient (Wildman–Crippen LogP) is 2.93. The highest BCUT2D eigenvalue weighted by molar-refractivity contribution is 5.85. The molecule has 1 saturated heterocycles. The zero-order chi connectivity index (χ0) is 14.7. The van der Waals surface area contributed by atoms with Crippen LogP contribution in [0.5, 0.6) is 0 Å². The van der Waals surface area contributed by atoms with E-state index in [2.05, 4.69) is 15.2 Å². The largest absolute Gasteiger partial charge is 0.314 e. The van der Waals surface area contributed by atoms with Crippen LogP contribution in [0.3, 0.4) is 0 Å². The molecular weight excluding hydrogens is 308 g/mol. The van der Waals surface area contributed by atoms with Crippen LogP contribution >= 0.6 is 12.4 Å². The van der Waals surface area contributed by atoms with Crippen molar-refractivity contribution in [3.05, 3.63) is 65.5 Å². The van der Waals surface area contributed by atoms with Gasteiger partial charge >= 0.3 is 0 Å². The van der Waals surface area contributed by atoms with Crippen molar-refractivity contribution >= 4 is 12.4 Å². The van der Waals surface area contributed by atoms with Gasteiger partial charge in [-0.3, -0.25) is 9.88 Å². The summed E-state index contributed by atoms with van der Waals surface area (Å²) < 4.78 is 27.7. The maximum Gasteiger partial charge on any atom is 0.130 e. The van der Waals surface area contributed by atoms with E-state index in [1.165, 1.54) is 18.2 Å². The number of pyridine rings is 1. The van der Waals surface area contributed by atoms with Crippen LogP contribution in [0.4, 0.5) is 8.78 Å². The van der Waals surface area contributed by atoms with E-state index in [9.17, 15) is 8.78 Å². The maximum absolute atomic E-state index is 13.8. The molecule has 118 valence electrons. The zero-order valence-corrected chi connectivity index (χ0v) is 12.8. The number of rotatable bonds is 3. The van der Waals surface area contributed by atoms with Crippen molar-refractivity contribution < 1.29 is 8.78 Å². The molecule has 1 aliphatic rings. The Bertz CT molecular complexity index is 589. The molecule has 0 aliphatic carbocycles. The van der Waals surface area contributed by atoms with Gasteiger partial charge in [0.05, 0.1) is 0 Å². The first-order chi connectivity index (χ1) is 10.3. The Labute approximate surface area is 134 Å².